The van der Waals surface area contributed by atoms with Crippen molar-refractivity contribution in [2.75, 3.05) is 0 Å². The summed E-state index contributed by atoms with van der Waals surface area (Å²) in [7, 11) is 0. The van der Waals surface area contributed by atoms with Gasteiger partial charge in [0.15, 0.2) is 0 Å². The second-order valence-corrected chi connectivity index (χ2v) is 3.55. The van der Waals surface area contributed by atoms with Gasteiger partial charge in [-0.15, -0.1) is 0 Å². The molecule has 2 rings (SSSR count). The molecule has 2 nitrogen and oxygen atoms in total. The highest BCUT2D eigenvalue weighted by atomic mass is 27.1. The minimum Gasteiger partial charge on any atom is -0.281 e. The molecule has 0 N–H and O–H groups in total. The highest BCUT2D eigenvalue weighted by molar-refractivity contribution is 6.39. The third-order valence-corrected chi connectivity index (χ3v) is 2.35. The Kier molecular flexibility index (Phi) is 2.17. The molecule has 4 radical (unpaired) electrons. The van der Waals surface area contributed by atoms with Gasteiger partial charge in [-0.25, -0.2) is 0 Å². The predicted octanol–water partition coefficient (Wildman–Crippen LogP) is -0.783. The molecule has 4 heteroatoms. The summed E-state index contributed by atoms with van der Waals surface area (Å²) in [6.45, 7) is 0. The molecular weight excluding hydrogens is 178 g/mol. The lowest BCUT2D eigenvalue weighted by atomic mass is 10.2. The predicted molar refractivity (Wildman–Crippen MR) is 50.3 cm³/mol. The average Bonchev–Trinajstić information content (AvgIpc) is 2.04. The SMILES string of the molecule is [Al][c]1n[c]([Al])c2ccccc2n1. The molecule has 0 spiro atoms. The Morgan fingerprint density at radius 1 is 1.00 bits per heavy atom. The van der Waals surface area contributed by atoms with E-state index in [1.807, 2.05) is 24.3 Å². The van der Waals surface area contributed by atoms with Crippen LogP contribution in [0.3, 0.4) is 0 Å². The van der Waals surface area contributed by atoms with Gasteiger partial charge in [0, 0.05) is 10.1 Å². The normalized spacial score (nSPS) is 10.3. The van der Waals surface area contributed by atoms with Crippen LogP contribution >= 0.6 is 0 Å². The molecule has 0 amide bonds. The number of nitrogens with zero attached hydrogens (tertiary/aromatic N) is 2. The molecule has 2 aromatic rings. The minimum atomic E-state index is 0.735. The van der Waals surface area contributed by atoms with Crippen LogP contribution in [0.1, 0.15) is 0 Å². The Bertz CT molecular complexity index is 428. The number of rotatable bonds is 0. The number of hydrogen-bond donors (Lipinski definition) is 0. The van der Waals surface area contributed by atoms with Crippen LogP contribution in [-0.4, -0.2) is 42.5 Å². The smallest absolute Gasteiger partial charge is 0.244 e. The van der Waals surface area contributed by atoms with Crippen molar-refractivity contribution in [1.82, 2.24) is 9.97 Å². The second-order valence-electron chi connectivity index (χ2n) is 2.48. The van der Waals surface area contributed by atoms with Crippen molar-refractivity contribution in [2.45, 2.75) is 0 Å². The highest BCUT2D eigenvalue weighted by Crippen LogP contribution is 2.03. The Morgan fingerprint density at radius 3 is 2.58 bits per heavy atom. The maximum Gasteiger partial charge on any atom is 0.244 e. The van der Waals surface area contributed by atoms with Crippen molar-refractivity contribution in [2.24, 2.45) is 0 Å². The summed E-state index contributed by atoms with van der Waals surface area (Å²) in [5.74, 6) is 0. The first-order valence-electron chi connectivity index (χ1n) is 3.55. The van der Waals surface area contributed by atoms with Crippen LogP contribution in [0.2, 0.25) is 0 Å². The second kappa shape index (κ2) is 3.17. The highest BCUT2D eigenvalue weighted by Gasteiger charge is 1.96. The van der Waals surface area contributed by atoms with Crippen molar-refractivity contribution in [3.8, 4) is 0 Å². The van der Waals surface area contributed by atoms with E-state index in [0.29, 0.717) is 0 Å². The third kappa shape index (κ3) is 1.40. The Hall–Kier alpha value is -0.375. The maximum atomic E-state index is 4.28. The van der Waals surface area contributed by atoms with Crippen molar-refractivity contribution in [3.63, 3.8) is 0 Å². The zero-order chi connectivity index (χ0) is 8.55. The molecule has 12 heavy (non-hydrogen) atoms. The van der Waals surface area contributed by atoms with E-state index >= 15 is 0 Å². The van der Waals surface area contributed by atoms with Gasteiger partial charge in [0.25, 0.3) is 0 Å². The standard InChI is InChI=1S/C8H4N2.2Al/c1-2-4-8-7(3-1)5-9-6-10-8;;/h1-4H;;. The maximum absolute atomic E-state index is 4.28. The minimum absolute atomic E-state index is 0.735. The first-order valence-corrected chi connectivity index (χ1v) is 4.70. The van der Waals surface area contributed by atoms with E-state index in [9.17, 15) is 0 Å². The molecule has 0 bridgehead atoms. The molecule has 0 atom stereocenters. The molecule has 0 unspecified atom stereocenters. The molecule has 1 aromatic carbocycles. The molecule has 1 heterocycles. The van der Waals surface area contributed by atoms with E-state index in [-0.39, 0.29) is 0 Å². The average molecular weight is 182 g/mol. The van der Waals surface area contributed by atoms with E-state index in [4.69, 9.17) is 0 Å². The fraction of sp³-hybridized carbons (Fsp3) is 0. The van der Waals surface area contributed by atoms with Crippen molar-refractivity contribution >= 4 is 52.7 Å². The number of hydrogen-bond acceptors (Lipinski definition) is 2. The van der Waals surface area contributed by atoms with Crippen LogP contribution < -0.4 is 9.24 Å². The molecule has 0 saturated heterocycles. The van der Waals surface area contributed by atoms with Gasteiger partial charge >= 0.3 is 0 Å². The molecule has 0 aliphatic heterocycles. The Balaban J connectivity index is 2.89. The molecule has 52 valence electrons. The lowest BCUT2D eigenvalue weighted by Gasteiger charge is -2.03. The topological polar surface area (TPSA) is 25.8 Å². The van der Waals surface area contributed by atoms with Crippen molar-refractivity contribution in [3.05, 3.63) is 24.3 Å². The van der Waals surface area contributed by atoms with E-state index in [0.717, 1.165) is 20.1 Å². The van der Waals surface area contributed by atoms with Crippen molar-refractivity contribution < 1.29 is 0 Å². The Morgan fingerprint density at radius 2 is 1.75 bits per heavy atom. The fourth-order valence-electron chi connectivity index (χ4n) is 1.12. The molecule has 0 saturated carbocycles. The number of para-hydroxylation sites is 1. The summed E-state index contributed by atoms with van der Waals surface area (Å²) in [6, 6.07) is 7.96. The van der Waals surface area contributed by atoms with Gasteiger partial charge < -0.3 is 0 Å². The van der Waals surface area contributed by atoms with Gasteiger partial charge in [-0.05, 0) is 6.07 Å². The Labute approximate surface area is 86.9 Å². The molecular formula is C8H4Al2N2. The summed E-state index contributed by atoms with van der Waals surface area (Å²) >= 11 is 5.11. The van der Waals surface area contributed by atoms with Crippen LogP contribution in [0.25, 0.3) is 10.9 Å². The van der Waals surface area contributed by atoms with Crippen LogP contribution in [-0.2, 0) is 0 Å². The zero-order valence-corrected chi connectivity index (χ0v) is 8.67. The summed E-state index contributed by atoms with van der Waals surface area (Å²) in [6.07, 6.45) is 0. The van der Waals surface area contributed by atoms with Crippen LogP contribution in [0.15, 0.2) is 24.3 Å². The van der Waals surface area contributed by atoms with Gasteiger partial charge in [0.2, 0.25) is 32.6 Å². The third-order valence-electron chi connectivity index (χ3n) is 1.65. The lowest BCUT2D eigenvalue weighted by Crippen LogP contribution is -2.24. The molecule has 0 aliphatic carbocycles. The number of fused-ring (bicyclic) bond motifs is 1. The molecule has 1 aromatic heterocycles. The van der Waals surface area contributed by atoms with Gasteiger partial charge in [-0.3, -0.25) is 9.97 Å². The van der Waals surface area contributed by atoms with Gasteiger partial charge in [0.1, 0.15) is 0 Å². The van der Waals surface area contributed by atoms with Gasteiger partial charge in [-0.2, -0.15) is 0 Å². The van der Waals surface area contributed by atoms with E-state index in [1.54, 1.807) is 0 Å². The summed E-state index contributed by atoms with van der Waals surface area (Å²) in [4.78, 5) is 8.49. The van der Waals surface area contributed by atoms with Gasteiger partial charge in [-0.1, -0.05) is 22.8 Å². The van der Waals surface area contributed by atoms with E-state index in [1.165, 1.54) is 0 Å². The van der Waals surface area contributed by atoms with E-state index in [2.05, 4.69) is 42.5 Å². The van der Waals surface area contributed by atoms with Crippen molar-refractivity contribution in [1.29, 1.82) is 0 Å². The number of benzene rings is 1. The van der Waals surface area contributed by atoms with Crippen LogP contribution in [0.5, 0.6) is 0 Å². The molecule has 0 aliphatic rings. The van der Waals surface area contributed by atoms with Crippen LogP contribution in [0, 0.1) is 0 Å². The molecule has 0 fully saturated rings. The monoisotopic (exact) mass is 182 g/mol. The number of aromatic nitrogens is 2. The first-order chi connectivity index (χ1) is 5.77. The quantitative estimate of drug-likeness (QED) is 0.499. The van der Waals surface area contributed by atoms with Gasteiger partial charge in [0.05, 0.1) is 5.52 Å². The summed E-state index contributed by atoms with van der Waals surface area (Å²) < 4.78 is 1.68. The zero-order valence-electron chi connectivity index (χ0n) is 6.36. The first kappa shape index (κ1) is 8.23. The lowest BCUT2D eigenvalue weighted by molar-refractivity contribution is 1.33. The van der Waals surface area contributed by atoms with Crippen LogP contribution in [0.4, 0.5) is 0 Å². The largest absolute Gasteiger partial charge is 0.281 e. The van der Waals surface area contributed by atoms with E-state index < -0.39 is 0 Å². The summed E-state index contributed by atoms with van der Waals surface area (Å²) in [5.41, 5.74) is 0.988. The fourth-order valence-corrected chi connectivity index (χ4v) is 1.92. The summed E-state index contributed by atoms with van der Waals surface area (Å²) in [5, 5.41) is 1.09.